The minimum absolute atomic E-state index is 0.00506. The molecule has 1 fully saturated rings. The lowest BCUT2D eigenvalue weighted by molar-refractivity contribution is -0.137. The Hall–Kier alpha value is -2.99. The Morgan fingerprint density at radius 1 is 0.848 bits per heavy atom. The summed E-state index contributed by atoms with van der Waals surface area (Å²) in [6.07, 6.45) is -2.82. The molecule has 1 aliphatic carbocycles. The smallest absolute Gasteiger partial charge is 0.369 e. The zero-order chi connectivity index (χ0) is 23.0. The molecule has 3 aromatic rings. The number of benzene rings is 3. The van der Waals surface area contributed by atoms with E-state index in [0.29, 0.717) is 0 Å². The van der Waals surface area contributed by atoms with E-state index < -0.39 is 11.7 Å². The van der Waals surface area contributed by atoms with Crippen LogP contribution in [-0.4, -0.2) is 26.2 Å². The quantitative estimate of drug-likeness (QED) is 0.521. The maximum Gasteiger partial charge on any atom is 0.416 e. The Balaban J connectivity index is 1.51. The van der Waals surface area contributed by atoms with E-state index in [1.54, 1.807) is 24.3 Å². The Morgan fingerprint density at radius 3 is 2.18 bits per heavy atom. The van der Waals surface area contributed by atoms with E-state index >= 15 is 0 Å². The summed E-state index contributed by atoms with van der Waals surface area (Å²) in [7, 11) is 0. The molecule has 0 bridgehead atoms. The van der Waals surface area contributed by atoms with Gasteiger partial charge in [-0.3, -0.25) is 5.11 Å². The van der Waals surface area contributed by atoms with Crippen molar-refractivity contribution in [3.63, 3.8) is 0 Å². The highest BCUT2D eigenvalue weighted by molar-refractivity contribution is 5.52. The van der Waals surface area contributed by atoms with Crippen molar-refractivity contribution >= 4 is 5.69 Å². The summed E-state index contributed by atoms with van der Waals surface area (Å²) in [6.45, 7) is 3.86. The van der Waals surface area contributed by atoms with Crippen molar-refractivity contribution in [3.8, 4) is 5.75 Å². The van der Waals surface area contributed by atoms with E-state index in [-0.39, 0.29) is 17.6 Å². The summed E-state index contributed by atoms with van der Waals surface area (Å²) >= 11 is 0. The van der Waals surface area contributed by atoms with Crippen molar-refractivity contribution in [2.24, 2.45) is 0 Å². The topological polar surface area (TPSA) is 35.2 Å². The monoisotopic (exact) mass is 451 g/mol. The van der Waals surface area contributed by atoms with Crippen LogP contribution < -0.4 is 10.2 Å². The maximum absolute atomic E-state index is 13.1. The van der Waals surface area contributed by atoms with Gasteiger partial charge in [0.25, 0.3) is 0 Å². The minimum atomic E-state index is -4.35. The summed E-state index contributed by atoms with van der Waals surface area (Å²) in [4.78, 5) is 2.35. The normalized spacial score (nSPS) is 21.0. The molecule has 0 spiro atoms. The summed E-state index contributed by atoms with van der Waals surface area (Å²) in [5.74, 6) is 0.0278. The van der Waals surface area contributed by atoms with Crippen LogP contribution in [0.5, 0.6) is 5.75 Å². The largest absolute Gasteiger partial charge is 0.416 e. The lowest BCUT2D eigenvalue weighted by Crippen LogP contribution is -2.43. The van der Waals surface area contributed by atoms with Crippen LogP contribution in [0.15, 0.2) is 66.7 Å². The molecule has 1 saturated heterocycles. The Bertz CT molecular complexity index is 1100. The number of rotatable bonds is 3. The number of nitrogens with zero attached hydrogens (tertiary/aromatic N) is 1. The van der Waals surface area contributed by atoms with Crippen LogP contribution in [-0.2, 0) is 17.7 Å². The number of nitrogens with one attached hydrogen (secondary N) is 1. The number of anilines is 1. The van der Waals surface area contributed by atoms with Gasteiger partial charge in [0.2, 0.25) is 0 Å². The van der Waals surface area contributed by atoms with Crippen molar-refractivity contribution in [2.75, 3.05) is 31.1 Å². The van der Waals surface area contributed by atoms with E-state index in [1.165, 1.54) is 17.8 Å². The van der Waals surface area contributed by atoms with E-state index in [0.717, 1.165) is 61.3 Å². The summed E-state index contributed by atoms with van der Waals surface area (Å²) in [5, 5.41) is 15.3. The highest BCUT2D eigenvalue weighted by Gasteiger charge is 2.34. The number of aryl methyl sites for hydroxylation is 1. The third-order valence-electron chi connectivity index (χ3n) is 6.98. The van der Waals surface area contributed by atoms with Crippen LogP contribution in [0.2, 0.25) is 0 Å². The van der Waals surface area contributed by atoms with E-state index in [4.69, 9.17) is 0 Å². The van der Waals surface area contributed by atoms with Gasteiger partial charge in [0.05, 0.1) is 5.56 Å². The highest BCUT2D eigenvalue weighted by atomic mass is 19.4. The molecule has 0 saturated carbocycles. The van der Waals surface area contributed by atoms with Crippen LogP contribution in [0.25, 0.3) is 0 Å². The number of fused-ring (bicyclic) bond motifs is 1. The predicted molar refractivity (Wildman–Crippen MR) is 122 cm³/mol. The number of alkyl halides is 3. The van der Waals surface area contributed by atoms with Crippen molar-refractivity contribution in [3.05, 3.63) is 94.5 Å². The molecular formula is C27H26F3N2O. The van der Waals surface area contributed by atoms with Gasteiger partial charge in [-0.05, 0) is 77.4 Å². The maximum atomic E-state index is 13.1. The first-order valence-corrected chi connectivity index (χ1v) is 11.4. The molecule has 2 aliphatic rings. The fraction of sp³-hybridized carbons (Fsp3) is 0.333. The predicted octanol–water partition coefficient (Wildman–Crippen LogP) is 6.12. The number of piperazine rings is 1. The van der Waals surface area contributed by atoms with Gasteiger partial charge in [-0.25, -0.2) is 0 Å². The average Bonchev–Trinajstić information content (AvgIpc) is 2.83. The van der Waals surface area contributed by atoms with Crippen LogP contribution in [0.3, 0.4) is 0 Å². The van der Waals surface area contributed by atoms with Crippen LogP contribution in [0, 0.1) is 0 Å². The van der Waals surface area contributed by atoms with E-state index in [9.17, 15) is 18.3 Å². The molecule has 3 aromatic carbocycles. The second-order valence-corrected chi connectivity index (χ2v) is 8.93. The summed E-state index contributed by atoms with van der Waals surface area (Å²) in [6, 6.07) is 19.3. The zero-order valence-corrected chi connectivity index (χ0v) is 18.2. The van der Waals surface area contributed by atoms with Gasteiger partial charge >= 0.3 is 6.18 Å². The number of halogens is 3. The first-order valence-electron chi connectivity index (χ1n) is 11.4. The van der Waals surface area contributed by atoms with Gasteiger partial charge in [0.1, 0.15) is 0 Å². The average molecular weight is 452 g/mol. The lowest BCUT2D eigenvalue weighted by atomic mass is 9.69. The molecule has 1 aliphatic heterocycles. The molecule has 0 amide bonds. The Labute approximate surface area is 191 Å². The molecule has 0 aromatic heterocycles. The molecule has 2 unspecified atom stereocenters. The fourth-order valence-electron chi connectivity index (χ4n) is 5.30. The minimum Gasteiger partial charge on any atom is -0.369 e. The summed E-state index contributed by atoms with van der Waals surface area (Å²) in [5.41, 5.74) is 4.71. The molecule has 2 atom stereocenters. The zero-order valence-electron chi connectivity index (χ0n) is 18.2. The van der Waals surface area contributed by atoms with Crippen LogP contribution >= 0.6 is 0 Å². The van der Waals surface area contributed by atoms with E-state index in [2.05, 4.69) is 34.5 Å². The lowest BCUT2D eigenvalue weighted by Gasteiger charge is -2.35. The third-order valence-corrected chi connectivity index (χ3v) is 6.98. The molecule has 3 nitrogen and oxygen atoms in total. The van der Waals surface area contributed by atoms with Crippen molar-refractivity contribution in [2.45, 2.75) is 30.9 Å². The standard InChI is InChI=1S/C27H26F3N2O/c28-27(29,30)21-6-1-18(2-7-21)24-11-5-20-17-23(33)10-12-25(20)26(24)19-3-8-22(9-4-19)32-15-13-31-14-16-32/h1-4,6-10,12,17,24,26,31H,5,11,13-16H2. The fourth-order valence-corrected chi connectivity index (χ4v) is 5.30. The number of hydrogen-bond acceptors (Lipinski definition) is 2. The molecule has 1 N–H and O–H groups in total. The first kappa shape index (κ1) is 21.8. The molecule has 1 radical (unpaired) electrons. The molecular weight excluding hydrogens is 425 g/mol. The van der Waals surface area contributed by atoms with Crippen molar-refractivity contribution < 1.29 is 18.3 Å². The van der Waals surface area contributed by atoms with Gasteiger partial charge in [0.15, 0.2) is 5.75 Å². The second-order valence-electron chi connectivity index (χ2n) is 8.93. The van der Waals surface area contributed by atoms with Crippen LogP contribution in [0.1, 0.15) is 46.1 Å². The van der Waals surface area contributed by atoms with E-state index in [1.807, 2.05) is 6.07 Å². The van der Waals surface area contributed by atoms with Gasteiger partial charge in [-0.1, -0.05) is 30.3 Å². The van der Waals surface area contributed by atoms with Gasteiger partial charge in [0, 0.05) is 37.8 Å². The molecule has 33 heavy (non-hydrogen) atoms. The van der Waals surface area contributed by atoms with Crippen molar-refractivity contribution in [1.29, 1.82) is 0 Å². The molecule has 1 heterocycles. The Kier molecular flexibility index (Phi) is 5.79. The van der Waals surface area contributed by atoms with Gasteiger partial charge in [-0.2, -0.15) is 13.2 Å². The van der Waals surface area contributed by atoms with Gasteiger partial charge < -0.3 is 10.2 Å². The first-order chi connectivity index (χ1) is 15.9. The summed E-state index contributed by atoms with van der Waals surface area (Å²) < 4.78 is 39.3. The Morgan fingerprint density at radius 2 is 1.52 bits per heavy atom. The SMILES string of the molecule is [O]c1ccc2c(c1)CCC(c1ccc(C(F)(F)F)cc1)C2c1ccc(N2CCNCC2)cc1. The van der Waals surface area contributed by atoms with Gasteiger partial charge in [-0.15, -0.1) is 0 Å². The number of hydrogen-bond donors (Lipinski definition) is 1. The molecule has 6 heteroatoms. The van der Waals surface area contributed by atoms with Crippen molar-refractivity contribution in [1.82, 2.24) is 5.32 Å². The third kappa shape index (κ3) is 4.44. The highest BCUT2D eigenvalue weighted by Crippen LogP contribution is 2.47. The molecule has 171 valence electrons. The van der Waals surface area contributed by atoms with Crippen LogP contribution in [0.4, 0.5) is 18.9 Å². The molecule has 5 rings (SSSR count). The second kappa shape index (κ2) is 8.75.